The summed E-state index contributed by atoms with van der Waals surface area (Å²) in [6.45, 7) is 26.1. The predicted octanol–water partition coefficient (Wildman–Crippen LogP) is 3.66. The van der Waals surface area contributed by atoms with E-state index >= 15 is 0 Å². The maximum absolute atomic E-state index is 14.1. The third-order valence-electron chi connectivity index (χ3n) is 18.2. The Morgan fingerprint density at radius 2 is 0.742 bits per heavy atom. The zero-order valence-electron chi connectivity index (χ0n) is 75.0. The molecule has 2 atom stereocenters. The Morgan fingerprint density at radius 1 is 0.438 bits per heavy atom. The molecule has 4 rings (SSSR count). The van der Waals surface area contributed by atoms with Crippen LogP contribution in [-0.2, 0) is 164 Å². The number of amides is 6. The van der Waals surface area contributed by atoms with E-state index in [1.807, 2.05) is 32.9 Å². The van der Waals surface area contributed by atoms with Crippen molar-refractivity contribution in [2.75, 3.05) is 349 Å². The molecule has 738 valence electrons. The number of imide groups is 1. The Bertz CT molecular complexity index is 3230. The third-order valence-corrected chi connectivity index (χ3v) is 19.9. The van der Waals surface area contributed by atoms with Crippen LogP contribution in [-0.4, -0.2) is 414 Å². The highest BCUT2D eigenvalue weighted by Crippen LogP contribution is 2.41. The first-order valence-corrected chi connectivity index (χ1v) is 46.1. The standard InChI is InChI=1S/C85H143Cl2N5O35S/c1-84(2,3)126-69-73(67-71-9-11-72(12-10-71)90-81(96)80-74(86)7-6-8-75(80)87)91-83(98)85(14-4-5-15-85)16-17-88-77(93)13-19-102-21-23-104-25-27-106-29-31-108-33-35-110-37-39-112-41-43-114-45-47-116-49-51-118-53-55-120-57-59-122-61-63-124-65-66-125-64-62-123-60-58-121-56-54-119-52-50-117-48-46-115-44-42-113-40-38-111-36-34-109-32-30-107-28-26-105-24-22-103-20-18-89-78(94)70-127-92-79(95)68-76(82(92)97)128(99,100)101/h6-12,73,76H,4-5,13-70H2,1-3H3,(H,88,93)(H,89,94)(H,90,96)(H,91,98)(H,99,100,101)/p-1/t73-,76?/m0/s1. The number of halogens is 2. The minimum Gasteiger partial charge on any atom is -0.747 e. The lowest BCUT2D eigenvalue weighted by molar-refractivity contribution is -0.188. The van der Waals surface area contributed by atoms with Gasteiger partial charge in [-0.15, -0.1) is 0 Å². The number of rotatable bonds is 90. The van der Waals surface area contributed by atoms with E-state index in [0.717, 1.165) is 31.2 Å². The van der Waals surface area contributed by atoms with Crippen molar-refractivity contribution in [3.05, 3.63) is 63.6 Å². The molecule has 1 saturated carbocycles. The monoisotopic (exact) mass is 1890 g/mol. The summed E-state index contributed by atoms with van der Waals surface area (Å²) in [7, 11) is -5.02. The first-order valence-electron chi connectivity index (χ1n) is 43.9. The highest BCUT2D eigenvalue weighted by atomic mass is 35.5. The molecule has 128 heavy (non-hydrogen) atoms. The van der Waals surface area contributed by atoms with Gasteiger partial charge in [-0.1, -0.05) is 54.2 Å². The summed E-state index contributed by atoms with van der Waals surface area (Å²) in [6, 6.07) is 12.0. The molecule has 0 spiro atoms. The Hall–Kier alpha value is -5.09. The number of carbonyl (C=O) groups excluding carboxylic acids is 6. The van der Waals surface area contributed by atoms with Gasteiger partial charge in [0.1, 0.15) is 15.4 Å². The van der Waals surface area contributed by atoms with Crippen molar-refractivity contribution in [3.63, 3.8) is 0 Å². The van der Waals surface area contributed by atoms with Crippen molar-refractivity contribution >= 4 is 74.5 Å². The molecule has 40 nitrogen and oxygen atoms in total. The highest BCUT2D eigenvalue weighted by molar-refractivity contribution is 7.87. The average Bonchev–Trinajstić information content (AvgIpc) is 1.65. The second kappa shape index (κ2) is 77.2. The van der Waals surface area contributed by atoms with E-state index in [1.165, 1.54) is 0 Å². The van der Waals surface area contributed by atoms with Gasteiger partial charge in [-0.3, -0.25) is 33.6 Å². The highest BCUT2D eigenvalue weighted by Gasteiger charge is 2.44. The molecule has 0 aromatic heterocycles. The normalized spacial score (nSPS) is 14.4. The number of benzene rings is 2. The van der Waals surface area contributed by atoms with Gasteiger partial charge < -0.3 is 144 Å². The quantitative estimate of drug-likeness (QED) is 0.0417. The van der Waals surface area contributed by atoms with Crippen molar-refractivity contribution in [1.29, 1.82) is 0 Å². The molecular formula is C85H142Cl2N5O35S-. The van der Waals surface area contributed by atoms with E-state index in [0.29, 0.717) is 329 Å². The van der Waals surface area contributed by atoms with Gasteiger partial charge in [0.05, 0.1) is 363 Å². The fourth-order valence-corrected chi connectivity index (χ4v) is 12.9. The fourth-order valence-electron chi connectivity index (χ4n) is 11.6. The van der Waals surface area contributed by atoms with Gasteiger partial charge in [-0.2, -0.15) is 5.06 Å². The molecule has 1 unspecified atom stereocenters. The molecule has 0 radical (unpaired) electrons. The number of carbonyl (C=O) groups is 6. The summed E-state index contributed by atoms with van der Waals surface area (Å²) in [5, 5.41) is 10.2. The van der Waals surface area contributed by atoms with E-state index in [-0.39, 0.29) is 71.3 Å². The van der Waals surface area contributed by atoms with Gasteiger partial charge in [-0.25, -0.2) is 8.42 Å². The molecule has 4 N–H and O–H groups in total. The van der Waals surface area contributed by atoms with Crippen LogP contribution in [0.3, 0.4) is 0 Å². The van der Waals surface area contributed by atoms with Crippen molar-refractivity contribution in [2.45, 2.75) is 89.0 Å². The lowest BCUT2D eigenvalue weighted by atomic mass is 9.81. The van der Waals surface area contributed by atoms with E-state index in [4.69, 9.17) is 146 Å². The molecule has 1 heterocycles. The number of nitrogens with zero attached hydrogens (tertiary/aromatic N) is 1. The summed E-state index contributed by atoms with van der Waals surface area (Å²) in [5.41, 5.74) is 0.721. The summed E-state index contributed by atoms with van der Waals surface area (Å²) in [5.74, 6) is -3.61. The van der Waals surface area contributed by atoms with Crippen LogP contribution in [0.25, 0.3) is 0 Å². The first kappa shape index (κ1) is 115. The molecule has 1 aliphatic heterocycles. The molecule has 43 heteroatoms. The maximum Gasteiger partial charge on any atom is 0.271 e. The lowest BCUT2D eigenvalue weighted by Gasteiger charge is -2.32. The second-order valence-electron chi connectivity index (χ2n) is 29.4. The van der Waals surface area contributed by atoms with E-state index in [9.17, 15) is 41.7 Å². The van der Waals surface area contributed by atoms with Crippen LogP contribution in [0, 0.1) is 5.41 Å². The van der Waals surface area contributed by atoms with E-state index < -0.39 is 63.0 Å². The van der Waals surface area contributed by atoms with Crippen LogP contribution >= 0.6 is 23.2 Å². The Labute approximate surface area is 763 Å². The maximum atomic E-state index is 14.1. The van der Waals surface area contributed by atoms with E-state index in [2.05, 4.69) is 21.3 Å². The Kier molecular flexibility index (Phi) is 69.5. The van der Waals surface area contributed by atoms with Crippen molar-refractivity contribution in [1.82, 2.24) is 21.0 Å². The average molecular weight is 1900 g/mol. The van der Waals surface area contributed by atoms with Gasteiger partial charge in [0, 0.05) is 25.2 Å². The van der Waals surface area contributed by atoms with Crippen molar-refractivity contribution < 1.29 is 165 Å². The predicted molar refractivity (Wildman–Crippen MR) is 464 cm³/mol. The van der Waals surface area contributed by atoms with Crippen LogP contribution in [0.2, 0.25) is 10.0 Å². The zero-order valence-corrected chi connectivity index (χ0v) is 77.4. The number of nitrogens with one attached hydrogen (secondary N) is 4. The van der Waals surface area contributed by atoms with Gasteiger partial charge in [-0.05, 0) is 76.3 Å². The van der Waals surface area contributed by atoms with Gasteiger partial charge in [0.15, 0.2) is 6.61 Å². The van der Waals surface area contributed by atoms with Crippen LogP contribution < -0.4 is 21.3 Å². The SMILES string of the molecule is CC(C)(C)OC[C@H](Cc1ccc(NC(=O)c2c(Cl)cccc2Cl)cc1)NC(=O)C1(CCNC(=O)CCOCCOCCOCCOCCOCCOCCOCCOCCOCCOCCOCCOCCOCCOCCOCCOCCOCCOCCOCCOCCOCCOCCOCCOCCNC(=O)CON2C(=O)CC(S(=O)(=O)[O-])C2=O)CCCC1. The molecule has 2 aromatic carbocycles. The fraction of sp³-hybridized carbons (Fsp3) is 0.788. The number of hydroxylamine groups is 2. The Balaban J connectivity index is 0.739. The molecule has 1 aliphatic carbocycles. The van der Waals surface area contributed by atoms with Crippen LogP contribution in [0.4, 0.5) is 5.69 Å². The number of ether oxygens (including phenoxy) is 25. The van der Waals surface area contributed by atoms with Crippen LogP contribution in [0.15, 0.2) is 42.5 Å². The summed E-state index contributed by atoms with van der Waals surface area (Å²) < 4.78 is 172. The second-order valence-corrected chi connectivity index (χ2v) is 31.8. The first-order chi connectivity index (χ1) is 62.3. The number of hydrogen-bond donors (Lipinski definition) is 4. The molecular weight excluding hydrogens is 1750 g/mol. The molecule has 6 amide bonds. The topological polar surface area (TPSA) is 451 Å². The smallest absolute Gasteiger partial charge is 0.271 e. The molecule has 1 saturated heterocycles. The zero-order chi connectivity index (χ0) is 92.2. The minimum atomic E-state index is -5.02. The van der Waals surface area contributed by atoms with Crippen LogP contribution in [0.1, 0.15) is 81.6 Å². The van der Waals surface area contributed by atoms with Crippen molar-refractivity contribution in [2.24, 2.45) is 5.41 Å². The molecule has 2 fully saturated rings. The van der Waals surface area contributed by atoms with Gasteiger partial charge >= 0.3 is 0 Å². The Morgan fingerprint density at radius 3 is 1.05 bits per heavy atom. The summed E-state index contributed by atoms with van der Waals surface area (Å²) in [4.78, 5) is 80.0. The number of hydrogen-bond acceptors (Lipinski definition) is 35. The molecule has 0 bridgehead atoms. The van der Waals surface area contributed by atoms with Crippen molar-refractivity contribution in [3.8, 4) is 0 Å². The third kappa shape index (κ3) is 61.7. The van der Waals surface area contributed by atoms with Gasteiger partial charge in [0.2, 0.25) is 17.7 Å². The summed E-state index contributed by atoms with van der Waals surface area (Å²) >= 11 is 12.5. The van der Waals surface area contributed by atoms with Gasteiger partial charge in [0.25, 0.3) is 17.7 Å². The molecule has 2 aliphatic rings. The number of anilines is 1. The molecule has 2 aromatic rings. The van der Waals surface area contributed by atoms with E-state index in [1.54, 1.807) is 30.3 Å². The minimum absolute atomic E-state index is 0.0319. The summed E-state index contributed by atoms with van der Waals surface area (Å²) in [6.07, 6.45) is 3.75. The lowest BCUT2D eigenvalue weighted by Crippen LogP contribution is -2.49. The van der Waals surface area contributed by atoms with Crippen LogP contribution in [0.5, 0.6) is 0 Å². The largest absolute Gasteiger partial charge is 0.747 e.